The number of alkyl halides is 3. The average molecular weight is 481 g/mol. The summed E-state index contributed by atoms with van der Waals surface area (Å²) in [5.41, 5.74) is 0.0605. The summed E-state index contributed by atoms with van der Waals surface area (Å²) < 4.78 is 38.4. The van der Waals surface area contributed by atoms with Crippen LogP contribution in [0.3, 0.4) is 0 Å². The van der Waals surface area contributed by atoms with Crippen LogP contribution < -0.4 is 10.6 Å². The second-order valence-corrected chi connectivity index (χ2v) is 9.70. The Hall–Kier alpha value is -2.46. The fraction of sp³-hybridized carbons (Fsp3) is 0.522. The smallest absolute Gasteiger partial charge is 0.349 e. The van der Waals surface area contributed by atoms with Gasteiger partial charge in [0.25, 0.3) is 5.91 Å². The number of nitrogens with one attached hydrogen (secondary N) is 2. The molecule has 0 atom stereocenters. The summed E-state index contributed by atoms with van der Waals surface area (Å²) in [7, 11) is 0. The summed E-state index contributed by atoms with van der Waals surface area (Å²) in [5, 5.41) is 8.62. The lowest BCUT2D eigenvalue weighted by molar-refractivity contribution is -0.137. The highest BCUT2D eigenvalue weighted by atomic mass is 32.1. The molecule has 0 spiro atoms. The summed E-state index contributed by atoms with van der Waals surface area (Å²) in [5.74, 6) is -0.501. The molecule has 1 aromatic carbocycles. The van der Waals surface area contributed by atoms with Crippen molar-refractivity contribution in [3.05, 3.63) is 51.5 Å². The fourth-order valence-electron chi connectivity index (χ4n) is 4.53. The summed E-state index contributed by atoms with van der Waals surface area (Å²) in [6.45, 7) is 3.30. The van der Waals surface area contributed by atoms with Crippen molar-refractivity contribution in [3.8, 4) is 0 Å². The van der Waals surface area contributed by atoms with Gasteiger partial charge in [-0.1, -0.05) is 6.07 Å². The van der Waals surface area contributed by atoms with Crippen LogP contribution in [-0.2, 0) is 11.0 Å². The molecule has 1 aliphatic carbocycles. The molecule has 33 heavy (non-hydrogen) atoms. The van der Waals surface area contributed by atoms with Gasteiger partial charge < -0.3 is 10.6 Å². The van der Waals surface area contributed by atoms with E-state index >= 15 is 0 Å². The first kappa shape index (κ1) is 23.7. The molecule has 2 fully saturated rings. The molecule has 0 bridgehead atoms. The van der Waals surface area contributed by atoms with Crippen molar-refractivity contribution in [2.75, 3.05) is 19.6 Å². The molecule has 6 nitrogen and oxygen atoms in total. The Morgan fingerprint density at radius 1 is 1.18 bits per heavy atom. The molecule has 178 valence electrons. The third kappa shape index (κ3) is 5.92. The Bertz CT molecular complexity index is 996. The Morgan fingerprint density at radius 3 is 2.55 bits per heavy atom. The van der Waals surface area contributed by atoms with Crippen molar-refractivity contribution in [1.29, 1.82) is 0 Å². The van der Waals surface area contributed by atoms with Crippen molar-refractivity contribution in [2.24, 2.45) is 0 Å². The molecule has 1 aromatic heterocycles. The predicted molar refractivity (Wildman–Crippen MR) is 119 cm³/mol. The van der Waals surface area contributed by atoms with Gasteiger partial charge in [0.15, 0.2) is 0 Å². The lowest BCUT2D eigenvalue weighted by Crippen LogP contribution is -2.63. The molecular formula is C23H27F3N4O2S. The quantitative estimate of drug-likeness (QED) is 0.661. The van der Waals surface area contributed by atoms with Crippen molar-refractivity contribution in [2.45, 2.75) is 56.8 Å². The number of carbonyl (C=O) groups excluding carboxylic acids is 2. The van der Waals surface area contributed by atoms with Gasteiger partial charge in [0.2, 0.25) is 5.91 Å². The van der Waals surface area contributed by atoms with Gasteiger partial charge in [-0.2, -0.15) is 13.2 Å². The molecule has 2 amide bonds. The normalized spacial score (nSPS) is 21.9. The van der Waals surface area contributed by atoms with Gasteiger partial charge >= 0.3 is 6.18 Å². The fourth-order valence-corrected chi connectivity index (χ4v) is 5.50. The molecule has 1 saturated carbocycles. The van der Waals surface area contributed by atoms with Crippen LogP contribution in [0.5, 0.6) is 0 Å². The topological polar surface area (TPSA) is 74.3 Å². The van der Waals surface area contributed by atoms with E-state index in [4.69, 9.17) is 0 Å². The molecule has 0 unspecified atom stereocenters. The monoisotopic (exact) mass is 480 g/mol. The van der Waals surface area contributed by atoms with Gasteiger partial charge in [0, 0.05) is 41.7 Å². The van der Waals surface area contributed by atoms with E-state index in [1.54, 1.807) is 11.3 Å². The first-order valence-corrected chi connectivity index (χ1v) is 12.0. The minimum atomic E-state index is -4.52. The van der Waals surface area contributed by atoms with Crippen LogP contribution in [0.25, 0.3) is 0 Å². The zero-order chi connectivity index (χ0) is 23.6. The van der Waals surface area contributed by atoms with Crippen molar-refractivity contribution < 1.29 is 22.8 Å². The van der Waals surface area contributed by atoms with E-state index in [0.29, 0.717) is 12.0 Å². The number of hydrogen-bond donors (Lipinski definition) is 2. The van der Waals surface area contributed by atoms with Gasteiger partial charge in [-0.25, -0.2) is 4.98 Å². The number of amides is 2. The number of nitrogens with zero attached hydrogens (tertiary/aromatic N) is 2. The minimum absolute atomic E-state index is 0.0299. The van der Waals surface area contributed by atoms with Crippen LogP contribution in [0.2, 0.25) is 0 Å². The van der Waals surface area contributed by atoms with Crippen LogP contribution in [0.4, 0.5) is 13.2 Å². The number of likely N-dealkylation sites (tertiary alicyclic amines) is 1. The number of hydrogen-bond acceptors (Lipinski definition) is 5. The van der Waals surface area contributed by atoms with E-state index in [0.717, 1.165) is 56.6 Å². The van der Waals surface area contributed by atoms with E-state index in [2.05, 4.69) is 25.9 Å². The van der Waals surface area contributed by atoms with Gasteiger partial charge in [-0.15, -0.1) is 11.3 Å². The van der Waals surface area contributed by atoms with Gasteiger partial charge in [-0.05, 0) is 50.8 Å². The summed E-state index contributed by atoms with van der Waals surface area (Å²) in [4.78, 5) is 31.3. The van der Waals surface area contributed by atoms with Gasteiger partial charge in [0.05, 0.1) is 23.2 Å². The molecule has 1 saturated heterocycles. The second-order valence-electron chi connectivity index (χ2n) is 8.81. The largest absolute Gasteiger partial charge is 0.416 e. The van der Waals surface area contributed by atoms with Crippen LogP contribution in [-0.4, -0.2) is 53.4 Å². The van der Waals surface area contributed by atoms with Crippen molar-refractivity contribution >= 4 is 23.2 Å². The lowest BCUT2D eigenvalue weighted by atomic mass is 9.84. The zero-order valence-corrected chi connectivity index (χ0v) is 19.1. The Kier molecular flexibility index (Phi) is 7.04. The van der Waals surface area contributed by atoms with Crippen molar-refractivity contribution in [1.82, 2.24) is 20.5 Å². The van der Waals surface area contributed by atoms with Gasteiger partial charge in [-0.3, -0.25) is 14.5 Å². The number of rotatable bonds is 6. The SMILES string of the molecule is Cc1csc(C2CCC(N3CC(NC(=O)CNC(=O)c4cccc(C(F)(F)F)c4)C3)CC2)n1. The molecule has 1 aliphatic heterocycles. The molecule has 4 rings (SSSR count). The molecular weight excluding hydrogens is 453 g/mol. The van der Waals surface area contributed by atoms with Crippen LogP contribution >= 0.6 is 11.3 Å². The first-order valence-electron chi connectivity index (χ1n) is 11.1. The second kappa shape index (κ2) is 9.80. The van der Waals surface area contributed by atoms with Crippen LogP contribution in [0.1, 0.15) is 58.2 Å². The molecule has 10 heteroatoms. The molecule has 2 heterocycles. The molecule has 2 N–H and O–H groups in total. The molecule has 2 aliphatic rings. The van der Waals surface area contributed by atoms with Gasteiger partial charge in [0.1, 0.15) is 0 Å². The van der Waals surface area contributed by atoms with Crippen molar-refractivity contribution in [3.63, 3.8) is 0 Å². The Labute approximate surface area is 194 Å². The highest BCUT2D eigenvalue weighted by Gasteiger charge is 2.36. The summed E-state index contributed by atoms with van der Waals surface area (Å²) in [6.07, 6.45) is -0.0175. The Balaban J connectivity index is 1.15. The lowest BCUT2D eigenvalue weighted by Gasteiger charge is -2.46. The standard InChI is InChI=1S/C23H27F3N4O2S/c1-14-13-33-22(28-14)15-5-7-19(8-6-15)30-11-18(12-30)29-20(31)10-27-21(32)16-3-2-4-17(9-16)23(24,25)26/h2-4,9,13,15,18-19H,5-8,10-12H2,1H3,(H,27,32)(H,29,31). The van der Waals surface area contributed by atoms with E-state index in [-0.39, 0.29) is 24.1 Å². The third-order valence-electron chi connectivity index (χ3n) is 6.34. The first-order chi connectivity index (χ1) is 15.7. The Morgan fingerprint density at radius 2 is 1.91 bits per heavy atom. The zero-order valence-electron chi connectivity index (χ0n) is 18.3. The van der Waals surface area contributed by atoms with E-state index < -0.39 is 17.6 Å². The van der Waals surface area contributed by atoms with E-state index in [1.165, 1.54) is 17.1 Å². The van der Waals surface area contributed by atoms with Crippen LogP contribution in [0, 0.1) is 6.92 Å². The maximum Gasteiger partial charge on any atom is 0.416 e. The van der Waals surface area contributed by atoms with E-state index in [9.17, 15) is 22.8 Å². The predicted octanol–water partition coefficient (Wildman–Crippen LogP) is 3.73. The number of benzene rings is 1. The third-order valence-corrected chi connectivity index (χ3v) is 7.46. The number of halogens is 3. The summed E-state index contributed by atoms with van der Waals surface area (Å²) >= 11 is 1.75. The molecule has 2 aromatic rings. The maximum atomic E-state index is 12.8. The maximum absolute atomic E-state index is 12.8. The highest BCUT2D eigenvalue weighted by Crippen LogP contribution is 2.37. The number of thiazole rings is 1. The van der Waals surface area contributed by atoms with E-state index in [1.807, 2.05) is 6.92 Å². The average Bonchev–Trinajstić information content (AvgIpc) is 3.20. The molecule has 0 radical (unpaired) electrons. The number of aryl methyl sites for hydroxylation is 1. The highest BCUT2D eigenvalue weighted by molar-refractivity contribution is 7.09. The summed E-state index contributed by atoms with van der Waals surface area (Å²) in [6, 6.07) is 4.70. The minimum Gasteiger partial charge on any atom is -0.349 e. The number of aromatic nitrogens is 1. The number of carbonyl (C=O) groups is 2. The van der Waals surface area contributed by atoms with Crippen LogP contribution in [0.15, 0.2) is 29.6 Å².